The van der Waals surface area contributed by atoms with E-state index in [0.717, 1.165) is 29.9 Å². The molecule has 0 radical (unpaired) electrons. The van der Waals surface area contributed by atoms with Gasteiger partial charge in [0.05, 0.1) is 19.0 Å². The molecule has 3 rings (SSSR count). The van der Waals surface area contributed by atoms with E-state index in [-0.39, 0.29) is 18.7 Å². The number of aliphatic hydroxyl groups is 1. The van der Waals surface area contributed by atoms with E-state index in [2.05, 4.69) is 46.2 Å². The molecule has 3 aromatic rings. The van der Waals surface area contributed by atoms with Crippen molar-refractivity contribution in [3.8, 4) is 0 Å². The number of hydrogen-bond acceptors (Lipinski definition) is 6. The molecular weight excluding hydrogens is 340 g/mol. The van der Waals surface area contributed by atoms with Crippen molar-refractivity contribution < 1.29 is 5.11 Å². The fourth-order valence-corrected chi connectivity index (χ4v) is 3.00. The Morgan fingerprint density at radius 2 is 1.93 bits per heavy atom. The van der Waals surface area contributed by atoms with E-state index in [9.17, 15) is 5.11 Å². The van der Waals surface area contributed by atoms with Crippen LogP contribution in [0, 0.1) is 0 Å². The maximum absolute atomic E-state index is 9.53. The van der Waals surface area contributed by atoms with Gasteiger partial charge >= 0.3 is 0 Å². The van der Waals surface area contributed by atoms with E-state index in [1.165, 1.54) is 5.56 Å². The normalized spacial score (nSPS) is 12.5. The summed E-state index contributed by atoms with van der Waals surface area (Å²) in [7, 11) is 1.93. The van der Waals surface area contributed by atoms with E-state index in [1.807, 2.05) is 36.7 Å². The lowest BCUT2D eigenvalue weighted by molar-refractivity contribution is 0.271. The minimum Gasteiger partial charge on any atom is -0.394 e. The van der Waals surface area contributed by atoms with Gasteiger partial charge in [0.25, 0.3) is 0 Å². The van der Waals surface area contributed by atoms with Crippen LogP contribution in [0.5, 0.6) is 0 Å². The summed E-state index contributed by atoms with van der Waals surface area (Å²) in [6.07, 6.45) is 2.55. The molecule has 2 aromatic heterocycles. The van der Waals surface area contributed by atoms with Crippen molar-refractivity contribution in [1.29, 1.82) is 0 Å². The number of imidazole rings is 1. The second-order valence-electron chi connectivity index (χ2n) is 7.04. The van der Waals surface area contributed by atoms with Crippen molar-refractivity contribution in [3.63, 3.8) is 0 Å². The van der Waals surface area contributed by atoms with Crippen LogP contribution in [0.2, 0.25) is 0 Å². The van der Waals surface area contributed by atoms with Crippen LogP contribution in [0.25, 0.3) is 11.2 Å². The predicted molar refractivity (Wildman–Crippen MR) is 109 cm³/mol. The minimum atomic E-state index is -0.0786. The molecule has 1 unspecified atom stereocenters. The molecule has 0 saturated heterocycles. The van der Waals surface area contributed by atoms with Crippen molar-refractivity contribution in [2.45, 2.75) is 45.8 Å². The molecular formula is C20H28N6O. The molecule has 0 bridgehead atoms. The Labute approximate surface area is 160 Å². The summed E-state index contributed by atoms with van der Waals surface area (Å²) in [6, 6.07) is 10.5. The van der Waals surface area contributed by atoms with Gasteiger partial charge in [0, 0.05) is 19.6 Å². The zero-order valence-corrected chi connectivity index (χ0v) is 16.4. The van der Waals surface area contributed by atoms with Crippen molar-refractivity contribution >= 4 is 22.9 Å². The van der Waals surface area contributed by atoms with Crippen LogP contribution < -0.4 is 10.2 Å². The first kappa shape index (κ1) is 19.1. The molecule has 0 saturated carbocycles. The molecule has 2 heterocycles. The maximum Gasteiger partial charge on any atom is 0.227 e. The first-order chi connectivity index (χ1) is 13.0. The van der Waals surface area contributed by atoms with Crippen molar-refractivity contribution in [3.05, 3.63) is 42.2 Å². The first-order valence-corrected chi connectivity index (χ1v) is 9.40. The van der Waals surface area contributed by atoms with E-state index in [1.54, 1.807) is 6.33 Å². The standard InChI is InChI=1S/C20H28N6O/c1-5-16(12-27)22-20-23-18-17(21-13-25(18)4)19(24-20)26(14(2)3)11-15-9-7-6-8-10-15/h6-10,13-14,16,27H,5,11-12H2,1-4H3,(H,22,23,24). The highest BCUT2D eigenvalue weighted by Crippen LogP contribution is 2.27. The molecule has 27 heavy (non-hydrogen) atoms. The van der Waals surface area contributed by atoms with Crippen LogP contribution in [0.4, 0.5) is 11.8 Å². The van der Waals surface area contributed by atoms with Gasteiger partial charge in [0.15, 0.2) is 17.0 Å². The van der Waals surface area contributed by atoms with Gasteiger partial charge in [0.1, 0.15) is 0 Å². The minimum absolute atomic E-state index is 0.0382. The average Bonchev–Trinajstić information content (AvgIpc) is 3.05. The lowest BCUT2D eigenvalue weighted by atomic mass is 10.2. The van der Waals surface area contributed by atoms with E-state index < -0.39 is 0 Å². The Morgan fingerprint density at radius 3 is 2.56 bits per heavy atom. The fraction of sp³-hybridized carbons (Fsp3) is 0.450. The van der Waals surface area contributed by atoms with Gasteiger partial charge in [-0.25, -0.2) is 4.98 Å². The Morgan fingerprint density at radius 1 is 1.19 bits per heavy atom. The van der Waals surface area contributed by atoms with Crippen LogP contribution >= 0.6 is 0 Å². The quantitative estimate of drug-likeness (QED) is 0.636. The Kier molecular flexibility index (Phi) is 5.91. The lowest BCUT2D eigenvalue weighted by Crippen LogP contribution is -2.32. The van der Waals surface area contributed by atoms with E-state index >= 15 is 0 Å². The third kappa shape index (κ3) is 4.19. The summed E-state index contributed by atoms with van der Waals surface area (Å²) in [5.74, 6) is 1.32. The molecule has 0 amide bonds. The second-order valence-corrected chi connectivity index (χ2v) is 7.04. The third-order valence-electron chi connectivity index (χ3n) is 4.68. The van der Waals surface area contributed by atoms with E-state index in [4.69, 9.17) is 4.98 Å². The van der Waals surface area contributed by atoms with Crippen LogP contribution in [0.3, 0.4) is 0 Å². The number of anilines is 2. The van der Waals surface area contributed by atoms with Gasteiger partial charge in [0.2, 0.25) is 5.95 Å². The second kappa shape index (κ2) is 8.35. The summed E-state index contributed by atoms with van der Waals surface area (Å²) in [6.45, 7) is 7.09. The molecule has 0 spiro atoms. The topological polar surface area (TPSA) is 79.1 Å². The summed E-state index contributed by atoms with van der Waals surface area (Å²) in [5.41, 5.74) is 2.77. The number of fused-ring (bicyclic) bond motifs is 1. The smallest absolute Gasteiger partial charge is 0.227 e. The molecule has 0 aliphatic rings. The van der Waals surface area contributed by atoms with Gasteiger partial charge in [-0.1, -0.05) is 37.3 Å². The highest BCUT2D eigenvalue weighted by molar-refractivity contribution is 5.85. The molecule has 1 atom stereocenters. The van der Waals surface area contributed by atoms with Gasteiger partial charge in [-0.3, -0.25) is 0 Å². The van der Waals surface area contributed by atoms with Gasteiger partial charge in [-0.15, -0.1) is 0 Å². The monoisotopic (exact) mass is 368 g/mol. The molecule has 144 valence electrons. The van der Waals surface area contributed by atoms with Crippen LogP contribution in [0.1, 0.15) is 32.8 Å². The Bertz CT molecular complexity index is 873. The zero-order valence-electron chi connectivity index (χ0n) is 16.4. The number of hydrogen-bond donors (Lipinski definition) is 2. The SMILES string of the molecule is CCC(CO)Nc1nc(N(Cc2ccccc2)C(C)C)c2ncn(C)c2n1. The van der Waals surface area contributed by atoms with E-state index in [0.29, 0.717) is 5.95 Å². The Hall–Kier alpha value is -2.67. The predicted octanol–water partition coefficient (Wildman–Crippen LogP) is 2.96. The molecule has 2 N–H and O–H groups in total. The van der Waals surface area contributed by atoms with Crippen LogP contribution in [0.15, 0.2) is 36.7 Å². The number of aryl methyl sites for hydroxylation is 1. The summed E-state index contributed by atoms with van der Waals surface area (Å²) < 4.78 is 1.90. The molecule has 0 fully saturated rings. The number of benzene rings is 1. The number of rotatable bonds is 8. The molecule has 7 heteroatoms. The third-order valence-corrected chi connectivity index (χ3v) is 4.68. The molecule has 0 aliphatic carbocycles. The van der Waals surface area contributed by atoms with Crippen molar-refractivity contribution in [2.24, 2.45) is 7.05 Å². The fourth-order valence-electron chi connectivity index (χ4n) is 3.00. The largest absolute Gasteiger partial charge is 0.394 e. The summed E-state index contributed by atoms with van der Waals surface area (Å²) >= 11 is 0. The number of aromatic nitrogens is 4. The van der Waals surface area contributed by atoms with Gasteiger partial charge < -0.3 is 19.9 Å². The van der Waals surface area contributed by atoms with Crippen LogP contribution in [-0.2, 0) is 13.6 Å². The van der Waals surface area contributed by atoms with Crippen molar-refractivity contribution in [1.82, 2.24) is 19.5 Å². The summed E-state index contributed by atoms with van der Waals surface area (Å²) in [4.78, 5) is 16.2. The van der Waals surface area contributed by atoms with Crippen LogP contribution in [-0.4, -0.2) is 43.3 Å². The number of nitrogens with zero attached hydrogens (tertiary/aromatic N) is 5. The number of nitrogens with one attached hydrogen (secondary N) is 1. The maximum atomic E-state index is 9.53. The first-order valence-electron chi connectivity index (χ1n) is 9.40. The molecule has 0 aliphatic heterocycles. The number of aliphatic hydroxyl groups excluding tert-OH is 1. The van der Waals surface area contributed by atoms with Gasteiger partial charge in [-0.2, -0.15) is 9.97 Å². The summed E-state index contributed by atoms with van der Waals surface area (Å²) in [5, 5.41) is 12.8. The Balaban J connectivity index is 2.06. The average molecular weight is 368 g/mol. The highest BCUT2D eigenvalue weighted by Gasteiger charge is 2.21. The van der Waals surface area contributed by atoms with Crippen molar-refractivity contribution in [2.75, 3.05) is 16.8 Å². The van der Waals surface area contributed by atoms with Gasteiger partial charge in [-0.05, 0) is 25.8 Å². The zero-order chi connectivity index (χ0) is 19.4. The lowest BCUT2D eigenvalue weighted by Gasteiger charge is -2.28. The molecule has 1 aromatic carbocycles. The highest BCUT2D eigenvalue weighted by atomic mass is 16.3. The molecule has 7 nitrogen and oxygen atoms in total.